The van der Waals surface area contributed by atoms with Gasteiger partial charge in [-0.25, -0.2) is 0 Å². The van der Waals surface area contributed by atoms with Gasteiger partial charge in [0.15, 0.2) is 5.78 Å². The van der Waals surface area contributed by atoms with Crippen molar-refractivity contribution in [3.63, 3.8) is 0 Å². The second-order valence-electron chi connectivity index (χ2n) is 4.72. The average Bonchev–Trinajstić information content (AvgIpc) is 2.43. The Labute approximate surface area is 120 Å². The van der Waals surface area contributed by atoms with Crippen LogP contribution in [0.3, 0.4) is 0 Å². The molecule has 0 saturated carbocycles. The van der Waals surface area contributed by atoms with Gasteiger partial charge < -0.3 is 20.1 Å². The van der Waals surface area contributed by atoms with Gasteiger partial charge >= 0.3 is 0 Å². The van der Waals surface area contributed by atoms with E-state index in [9.17, 15) is 20.1 Å². The van der Waals surface area contributed by atoms with Crippen LogP contribution in [-0.2, 0) is 0 Å². The summed E-state index contributed by atoms with van der Waals surface area (Å²) in [5, 5.41) is 28.4. The van der Waals surface area contributed by atoms with Crippen LogP contribution in [0.5, 0.6) is 23.0 Å². The number of ketones is 1. The summed E-state index contributed by atoms with van der Waals surface area (Å²) < 4.78 is 5.41. The van der Waals surface area contributed by atoms with Crippen molar-refractivity contribution in [3.8, 4) is 23.0 Å². The van der Waals surface area contributed by atoms with Crippen LogP contribution in [0.25, 0.3) is 6.08 Å². The van der Waals surface area contributed by atoms with E-state index in [4.69, 9.17) is 4.74 Å². The zero-order valence-electron chi connectivity index (χ0n) is 10.9. The van der Waals surface area contributed by atoms with E-state index in [1.165, 1.54) is 18.2 Å². The molecule has 0 radical (unpaired) electrons. The van der Waals surface area contributed by atoms with Crippen LogP contribution in [0, 0.1) is 0 Å². The van der Waals surface area contributed by atoms with Crippen LogP contribution in [0.15, 0.2) is 42.0 Å². The molecule has 0 amide bonds. The van der Waals surface area contributed by atoms with E-state index in [1.54, 1.807) is 18.2 Å². The van der Waals surface area contributed by atoms with Gasteiger partial charge in [-0.15, -0.1) is 0 Å². The quantitative estimate of drug-likeness (QED) is 0.700. The normalized spacial score (nSPS) is 15.6. The molecule has 21 heavy (non-hydrogen) atoms. The van der Waals surface area contributed by atoms with Crippen molar-refractivity contribution in [1.82, 2.24) is 0 Å². The minimum absolute atomic E-state index is 0.0454. The summed E-state index contributed by atoms with van der Waals surface area (Å²) >= 11 is 0. The number of benzene rings is 2. The predicted octanol–water partition coefficient (Wildman–Crippen LogP) is 2.46. The van der Waals surface area contributed by atoms with E-state index in [2.05, 4.69) is 0 Å². The van der Waals surface area contributed by atoms with Crippen LogP contribution in [-0.4, -0.2) is 27.7 Å². The Morgan fingerprint density at radius 1 is 1.00 bits per heavy atom. The molecule has 1 aliphatic heterocycles. The first kappa shape index (κ1) is 13.1. The van der Waals surface area contributed by atoms with Crippen LogP contribution in [0.1, 0.15) is 15.9 Å². The Balaban J connectivity index is 2.01. The number of ether oxygens (including phenoxy) is 1. The minimum Gasteiger partial charge on any atom is -0.508 e. The second-order valence-corrected chi connectivity index (χ2v) is 4.72. The third-order valence-corrected chi connectivity index (χ3v) is 3.20. The molecule has 3 rings (SSSR count). The SMILES string of the molecule is O=C1/C(=C\c2ccc(O)cc2)COc2cc(O)cc(O)c21. The molecule has 1 heterocycles. The zero-order chi connectivity index (χ0) is 15.0. The molecule has 0 fully saturated rings. The lowest BCUT2D eigenvalue weighted by molar-refractivity contribution is 0.0997. The first-order valence-electron chi connectivity index (χ1n) is 6.27. The summed E-state index contributed by atoms with van der Waals surface area (Å²) in [6.07, 6.45) is 1.64. The van der Waals surface area contributed by atoms with Crippen molar-refractivity contribution >= 4 is 11.9 Å². The van der Waals surface area contributed by atoms with Crippen molar-refractivity contribution in [2.24, 2.45) is 0 Å². The molecule has 0 saturated heterocycles. The summed E-state index contributed by atoms with van der Waals surface area (Å²) in [6, 6.07) is 8.77. The molecule has 106 valence electrons. The molecule has 0 aromatic heterocycles. The lowest BCUT2D eigenvalue weighted by Crippen LogP contribution is -2.19. The molecular formula is C16H12O5. The molecule has 5 heteroatoms. The number of fused-ring (bicyclic) bond motifs is 1. The smallest absolute Gasteiger partial charge is 0.199 e. The number of Topliss-reactive ketones (excluding diaryl/α,β-unsaturated/α-hetero) is 1. The van der Waals surface area contributed by atoms with E-state index >= 15 is 0 Å². The van der Waals surface area contributed by atoms with Gasteiger partial charge in [-0.05, 0) is 23.8 Å². The van der Waals surface area contributed by atoms with Crippen molar-refractivity contribution in [2.75, 3.05) is 6.61 Å². The summed E-state index contributed by atoms with van der Waals surface area (Å²) in [5.41, 5.74) is 1.17. The highest BCUT2D eigenvalue weighted by molar-refractivity contribution is 6.15. The third-order valence-electron chi connectivity index (χ3n) is 3.20. The van der Waals surface area contributed by atoms with Crippen molar-refractivity contribution < 1.29 is 24.9 Å². The van der Waals surface area contributed by atoms with Crippen molar-refractivity contribution in [2.45, 2.75) is 0 Å². The topological polar surface area (TPSA) is 87.0 Å². The maximum absolute atomic E-state index is 12.4. The van der Waals surface area contributed by atoms with E-state index < -0.39 is 0 Å². The summed E-state index contributed by atoms with van der Waals surface area (Å²) in [5.74, 6) is -0.514. The average molecular weight is 284 g/mol. The lowest BCUT2D eigenvalue weighted by atomic mass is 9.97. The highest BCUT2D eigenvalue weighted by atomic mass is 16.5. The fourth-order valence-corrected chi connectivity index (χ4v) is 2.19. The Morgan fingerprint density at radius 3 is 2.43 bits per heavy atom. The Bertz CT molecular complexity index is 744. The van der Waals surface area contributed by atoms with Gasteiger partial charge in [0, 0.05) is 17.7 Å². The lowest BCUT2D eigenvalue weighted by Gasteiger charge is -2.20. The Morgan fingerprint density at radius 2 is 1.71 bits per heavy atom. The van der Waals surface area contributed by atoms with E-state index in [1.807, 2.05) is 0 Å². The van der Waals surface area contributed by atoms with Crippen LogP contribution >= 0.6 is 0 Å². The number of carbonyl (C=O) groups excluding carboxylic acids is 1. The molecule has 0 spiro atoms. The molecule has 1 aliphatic rings. The molecule has 0 bridgehead atoms. The van der Waals surface area contributed by atoms with E-state index in [0.29, 0.717) is 5.57 Å². The van der Waals surface area contributed by atoms with E-state index in [0.717, 1.165) is 11.6 Å². The standard InChI is InChI=1S/C16H12O5/c17-11-3-1-9(2-4-11)5-10-8-21-14-7-12(18)6-13(19)15(14)16(10)20/h1-7,17-19H,8H2/b10-5-. The molecule has 0 aliphatic carbocycles. The maximum Gasteiger partial charge on any atom is 0.199 e. The highest BCUT2D eigenvalue weighted by Gasteiger charge is 2.27. The van der Waals surface area contributed by atoms with Crippen molar-refractivity contribution in [3.05, 3.63) is 53.1 Å². The van der Waals surface area contributed by atoms with Gasteiger partial charge in [0.1, 0.15) is 35.2 Å². The fraction of sp³-hybridized carbons (Fsp3) is 0.0625. The molecule has 0 unspecified atom stereocenters. The molecule has 2 aromatic carbocycles. The number of carbonyl (C=O) groups is 1. The van der Waals surface area contributed by atoms with Crippen molar-refractivity contribution in [1.29, 1.82) is 0 Å². The van der Waals surface area contributed by atoms with Crippen LogP contribution < -0.4 is 4.74 Å². The third kappa shape index (κ3) is 2.41. The molecular weight excluding hydrogens is 272 g/mol. The van der Waals surface area contributed by atoms with Gasteiger partial charge in [0.05, 0.1) is 0 Å². The highest BCUT2D eigenvalue weighted by Crippen LogP contribution is 2.37. The van der Waals surface area contributed by atoms with Gasteiger partial charge in [-0.3, -0.25) is 4.79 Å². The monoisotopic (exact) mass is 284 g/mol. The summed E-state index contributed by atoms with van der Waals surface area (Å²) in [6.45, 7) is 0.0512. The number of phenolic OH excluding ortho intramolecular Hbond substituents is 3. The second kappa shape index (κ2) is 4.86. The van der Waals surface area contributed by atoms with E-state index in [-0.39, 0.29) is 41.0 Å². The van der Waals surface area contributed by atoms with Gasteiger partial charge in [0.2, 0.25) is 0 Å². The first-order valence-corrected chi connectivity index (χ1v) is 6.27. The zero-order valence-corrected chi connectivity index (χ0v) is 10.9. The summed E-state index contributed by atoms with van der Waals surface area (Å²) in [4.78, 5) is 12.4. The number of aromatic hydroxyl groups is 3. The fourth-order valence-electron chi connectivity index (χ4n) is 2.19. The number of hydrogen-bond acceptors (Lipinski definition) is 5. The van der Waals surface area contributed by atoms with Gasteiger partial charge in [-0.2, -0.15) is 0 Å². The van der Waals surface area contributed by atoms with Crippen LogP contribution in [0.2, 0.25) is 0 Å². The number of hydrogen-bond donors (Lipinski definition) is 3. The predicted molar refractivity (Wildman–Crippen MR) is 75.7 cm³/mol. The number of phenols is 3. The first-order chi connectivity index (χ1) is 10.0. The number of rotatable bonds is 1. The maximum atomic E-state index is 12.4. The Kier molecular flexibility index (Phi) is 3.02. The minimum atomic E-state index is -0.346. The molecule has 0 atom stereocenters. The summed E-state index contributed by atoms with van der Waals surface area (Å²) in [7, 11) is 0. The molecule has 3 N–H and O–H groups in total. The van der Waals surface area contributed by atoms with Gasteiger partial charge in [-0.1, -0.05) is 12.1 Å². The Hall–Kier alpha value is -2.95. The van der Waals surface area contributed by atoms with Crippen LogP contribution in [0.4, 0.5) is 0 Å². The molecule has 5 nitrogen and oxygen atoms in total. The van der Waals surface area contributed by atoms with Gasteiger partial charge in [0.25, 0.3) is 0 Å². The largest absolute Gasteiger partial charge is 0.508 e. The molecule has 2 aromatic rings.